The highest BCUT2D eigenvalue weighted by Gasteiger charge is 2.27. The Kier molecular flexibility index (Phi) is 4.40. The molecular formula is C16H23N3OS. The van der Waals surface area contributed by atoms with Crippen LogP contribution in [-0.4, -0.2) is 34.8 Å². The summed E-state index contributed by atoms with van der Waals surface area (Å²) in [6.07, 6.45) is 6.57. The van der Waals surface area contributed by atoms with Gasteiger partial charge in [0.25, 0.3) is 0 Å². The van der Waals surface area contributed by atoms with Gasteiger partial charge in [-0.1, -0.05) is 12.2 Å². The minimum absolute atomic E-state index is 0.262. The van der Waals surface area contributed by atoms with Crippen LogP contribution in [0.1, 0.15) is 42.5 Å². The number of nitrogens with zero attached hydrogens (tertiary/aromatic N) is 2. The summed E-state index contributed by atoms with van der Waals surface area (Å²) >= 11 is 5.24. The van der Waals surface area contributed by atoms with Gasteiger partial charge in [0, 0.05) is 25.4 Å². The molecule has 1 atom stereocenters. The summed E-state index contributed by atoms with van der Waals surface area (Å²) in [4.78, 5) is 7.64. The fourth-order valence-corrected chi connectivity index (χ4v) is 3.64. The number of fused-ring (bicyclic) bond motifs is 1. The van der Waals surface area contributed by atoms with E-state index in [1.807, 2.05) is 0 Å². The molecule has 1 aliphatic heterocycles. The van der Waals surface area contributed by atoms with Crippen molar-refractivity contribution < 1.29 is 5.11 Å². The molecule has 0 bridgehead atoms. The van der Waals surface area contributed by atoms with Crippen molar-refractivity contribution in [3.05, 3.63) is 22.9 Å². The molecule has 3 N–H and O–H groups in total. The first-order chi connectivity index (χ1) is 10.2. The summed E-state index contributed by atoms with van der Waals surface area (Å²) in [7, 11) is 0. The molecule has 2 aliphatic rings. The number of aryl methyl sites for hydroxylation is 2. The Balaban J connectivity index is 1.91. The second-order valence-corrected chi connectivity index (χ2v) is 6.59. The molecule has 1 aromatic rings. The monoisotopic (exact) mass is 305 g/mol. The molecule has 2 heterocycles. The highest BCUT2D eigenvalue weighted by molar-refractivity contribution is 7.80. The van der Waals surface area contributed by atoms with Gasteiger partial charge in [0.1, 0.15) is 10.8 Å². The first kappa shape index (κ1) is 14.7. The van der Waals surface area contributed by atoms with Gasteiger partial charge in [0.05, 0.1) is 5.56 Å². The van der Waals surface area contributed by atoms with E-state index in [1.165, 1.54) is 24.1 Å². The van der Waals surface area contributed by atoms with Gasteiger partial charge >= 0.3 is 0 Å². The Morgan fingerprint density at radius 1 is 1.43 bits per heavy atom. The second-order valence-electron chi connectivity index (χ2n) is 6.15. The molecule has 5 heteroatoms. The van der Waals surface area contributed by atoms with Crippen molar-refractivity contribution in [2.75, 3.05) is 24.6 Å². The van der Waals surface area contributed by atoms with E-state index in [9.17, 15) is 0 Å². The van der Waals surface area contributed by atoms with Crippen LogP contribution in [0.25, 0.3) is 0 Å². The molecule has 0 aromatic carbocycles. The van der Waals surface area contributed by atoms with Crippen molar-refractivity contribution >= 4 is 23.0 Å². The molecule has 1 fully saturated rings. The highest BCUT2D eigenvalue weighted by Crippen LogP contribution is 2.30. The normalized spacial score (nSPS) is 21.4. The molecule has 3 rings (SSSR count). The van der Waals surface area contributed by atoms with E-state index >= 15 is 0 Å². The van der Waals surface area contributed by atoms with Crippen LogP contribution >= 0.6 is 12.2 Å². The van der Waals surface area contributed by atoms with Crippen LogP contribution in [0.2, 0.25) is 0 Å². The standard InChI is InChI=1S/C16H23N3OS/c17-15(21)13-9-12-3-1-2-4-14(12)18-16(13)19-7-5-11(10-19)6-8-20/h9,11,20H,1-8,10H2,(H2,17,21). The minimum Gasteiger partial charge on any atom is -0.396 e. The zero-order valence-electron chi connectivity index (χ0n) is 12.3. The summed E-state index contributed by atoms with van der Waals surface area (Å²) in [6, 6.07) is 2.17. The highest BCUT2D eigenvalue weighted by atomic mass is 32.1. The number of pyridine rings is 1. The Hall–Kier alpha value is -1.20. The number of thiocarbonyl (C=S) groups is 1. The van der Waals surface area contributed by atoms with Crippen LogP contribution in [0.4, 0.5) is 5.82 Å². The fraction of sp³-hybridized carbons (Fsp3) is 0.625. The van der Waals surface area contributed by atoms with Gasteiger partial charge < -0.3 is 15.7 Å². The van der Waals surface area contributed by atoms with Crippen LogP contribution in [0, 0.1) is 5.92 Å². The van der Waals surface area contributed by atoms with Gasteiger partial charge in [-0.15, -0.1) is 0 Å². The van der Waals surface area contributed by atoms with Gasteiger partial charge in [0.2, 0.25) is 0 Å². The van der Waals surface area contributed by atoms with E-state index in [0.717, 1.165) is 50.2 Å². The number of aliphatic hydroxyl groups is 1. The molecule has 114 valence electrons. The fourth-order valence-electron chi connectivity index (χ4n) is 3.49. The predicted molar refractivity (Wildman–Crippen MR) is 88.8 cm³/mol. The predicted octanol–water partition coefficient (Wildman–Crippen LogP) is 1.80. The lowest BCUT2D eigenvalue weighted by molar-refractivity contribution is 0.263. The van der Waals surface area contributed by atoms with Crippen LogP contribution in [0.3, 0.4) is 0 Å². The van der Waals surface area contributed by atoms with E-state index in [1.54, 1.807) is 0 Å². The Morgan fingerprint density at radius 3 is 3.00 bits per heavy atom. The van der Waals surface area contributed by atoms with E-state index in [2.05, 4.69) is 11.0 Å². The molecule has 0 radical (unpaired) electrons. The summed E-state index contributed by atoms with van der Waals surface area (Å²) in [5, 5.41) is 9.11. The number of aliphatic hydroxyl groups excluding tert-OH is 1. The van der Waals surface area contributed by atoms with Crippen molar-refractivity contribution in [3.63, 3.8) is 0 Å². The molecular weight excluding hydrogens is 282 g/mol. The zero-order valence-corrected chi connectivity index (χ0v) is 13.2. The molecule has 0 amide bonds. The average Bonchev–Trinajstić information content (AvgIpc) is 2.94. The van der Waals surface area contributed by atoms with E-state index in [4.69, 9.17) is 28.0 Å². The van der Waals surface area contributed by atoms with E-state index < -0.39 is 0 Å². The molecule has 1 unspecified atom stereocenters. The minimum atomic E-state index is 0.262. The molecule has 1 saturated heterocycles. The second kappa shape index (κ2) is 6.28. The number of aromatic nitrogens is 1. The molecule has 0 saturated carbocycles. The van der Waals surface area contributed by atoms with Crippen molar-refractivity contribution in [3.8, 4) is 0 Å². The first-order valence-corrected chi connectivity index (χ1v) is 8.28. The average molecular weight is 305 g/mol. The molecule has 1 aromatic heterocycles. The molecule has 1 aliphatic carbocycles. The first-order valence-electron chi connectivity index (χ1n) is 7.87. The summed E-state index contributed by atoms with van der Waals surface area (Å²) in [5.41, 5.74) is 9.40. The van der Waals surface area contributed by atoms with Crippen molar-refractivity contribution in [2.45, 2.75) is 38.5 Å². The summed E-state index contributed by atoms with van der Waals surface area (Å²) in [6.45, 7) is 2.19. The molecule has 4 nitrogen and oxygen atoms in total. The summed E-state index contributed by atoms with van der Waals surface area (Å²) in [5.74, 6) is 1.51. The third-order valence-electron chi connectivity index (χ3n) is 4.67. The van der Waals surface area contributed by atoms with Gasteiger partial charge in [-0.2, -0.15) is 0 Å². The van der Waals surface area contributed by atoms with Crippen LogP contribution in [-0.2, 0) is 12.8 Å². The Labute approximate surface area is 131 Å². The number of hydrogen-bond donors (Lipinski definition) is 2. The topological polar surface area (TPSA) is 62.4 Å². The van der Waals surface area contributed by atoms with Crippen molar-refractivity contribution in [1.82, 2.24) is 4.98 Å². The van der Waals surface area contributed by atoms with Gasteiger partial charge in [-0.05, 0) is 56.1 Å². The lowest BCUT2D eigenvalue weighted by Gasteiger charge is -2.24. The van der Waals surface area contributed by atoms with Crippen LogP contribution < -0.4 is 10.6 Å². The van der Waals surface area contributed by atoms with Crippen molar-refractivity contribution in [1.29, 1.82) is 0 Å². The van der Waals surface area contributed by atoms with Gasteiger partial charge in [0.15, 0.2) is 0 Å². The summed E-state index contributed by atoms with van der Waals surface area (Å²) < 4.78 is 0. The number of hydrogen-bond acceptors (Lipinski definition) is 4. The lowest BCUT2D eigenvalue weighted by Crippen LogP contribution is -2.26. The Morgan fingerprint density at radius 2 is 2.24 bits per heavy atom. The van der Waals surface area contributed by atoms with Gasteiger partial charge in [-0.25, -0.2) is 4.98 Å². The quantitative estimate of drug-likeness (QED) is 0.831. The smallest absolute Gasteiger partial charge is 0.139 e. The van der Waals surface area contributed by atoms with E-state index in [0.29, 0.717) is 10.9 Å². The third kappa shape index (κ3) is 3.04. The largest absolute Gasteiger partial charge is 0.396 e. The Bertz CT molecular complexity index is 547. The lowest BCUT2D eigenvalue weighted by atomic mass is 9.94. The van der Waals surface area contributed by atoms with E-state index in [-0.39, 0.29) is 6.61 Å². The molecule has 0 spiro atoms. The van der Waals surface area contributed by atoms with Crippen molar-refractivity contribution in [2.24, 2.45) is 11.7 Å². The van der Waals surface area contributed by atoms with Crippen LogP contribution in [0.5, 0.6) is 0 Å². The van der Waals surface area contributed by atoms with Gasteiger partial charge in [-0.3, -0.25) is 0 Å². The number of rotatable bonds is 4. The third-order valence-corrected chi connectivity index (χ3v) is 4.89. The maximum Gasteiger partial charge on any atom is 0.139 e. The number of nitrogens with two attached hydrogens (primary N) is 1. The maximum absolute atomic E-state index is 9.11. The molecule has 21 heavy (non-hydrogen) atoms. The van der Waals surface area contributed by atoms with Crippen LogP contribution in [0.15, 0.2) is 6.07 Å². The number of anilines is 1. The maximum atomic E-state index is 9.11. The zero-order chi connectivity index (χ0) is 14.8. The SMILES string of the molecule is NC(=S)c1cc2c(nc1N1CCC(CCO)C1)CCCC2.